The molecule has 5 nitrogen and oxygen atoms in total. The number of nitrogens with one attached hydrogen (secondary N) is 1. The first-order valence-electron chi connectivity index (χ1n) is 8.66. The van der Waals surface area contributed by atoms with Crippen LogP contribution in [0.25, 0.3) is 21.8 Å². The summed E-state index contributed by atoms with van der Waals surface area (Å²) in [5, 5.41) is 10.9. The maximum atomic E-state index is 11.6. The van der Waals surface area contributed by atoms with Crippen LogP contribution >= 0.6 is 0 Å². The Bertz CT molecular complexity index is 1240. The number of carbonyl (C=O) groups is 2. The minimum atomic E-state index is 0.186. The molecule has 2 aromatic carbocycles. The van der Waals surface area contributed by atoms with Gasteiger partial charge in [-0.1, -0.05) is 30.3 Å². The molecule has 0 aliphatic carbocycles. The van der Waals surface area contributed by atoms with Gasteiger partial charge in [0.1, 0.15) is 6.54 Å². The first-order chi connectivity index (χ1) is 13.2. The summed E-state index contributed by atoms with van der Waals surface area (Å²) in [5.74, 6) is 0. The summed E-state index contributed by atoms with van der Waals surface area (Å²) in [7, 11) is 0. The van der Waals surface area contributed by atoms with Gasteiger partial charge in [0.25, 0.3) is 0 Å². The lowest BCUT2D eigenvalue weighted by molar-refractivity contribution is 0.111. The number of aldehydes is 2. The maximum Gasteiger partial charge on any atom is 0.152 e. The Kier molecular flexibility index (Phi) is 4.09. The van der Waals surface area contributed by atoms with E-state index in [1.165, 1.54) is 0 Å². The first kappa shape index (κ1) is 16.8. The van der Waals surface area contributed by atoms with Gasteiger partial charge in [0.05, 0.1) is 11.6 Å². The average Bonchev–Trinajstić information content (AvgIpc) is 3.16. The normalized spacial score (nSPS) is 11.0. The van der Waals surface area contributed by atoms with E-state index in [2.05, 4.69) is 11.1 Å². The largest absolute Gasteiger partial charge is 0.358 e. The van der Waals surface area contributed by atoms with E-state index in [4.69, 9.17) is 5.26 Å². The predicted molar refractivity (Wildman–Crippen MR) is 104 cm³/mol. The lowest BCUT2D eigenvalue weighted by Crippen LogP contribution is -1.99. The molecule has 4 aromatic rings. The fourth-order valence-electron chi connectivity index (χ4n) is 3.78. The Balaban J connectivity index is 1.84. The summed E-state index contributed by atoms with van der Waals surface area (Å²) < 4.78 is 1.86. The van der Waals surface area contributed by atoms with Gasteiger partial charge in [-0.3, -0.25) is 9.59 Å². The van der Waals surface area contributed by atoms with Crippen LogP contribution in [0.5, 0.6) is 0 Å². The highest BCUT2D eigenvalue weighted by Crippen LogP contribution is 2.28. The van der Waals surface area contributed by atoms with Crippen LogP contribution in [0, 0.1) is 18.3 Å². The molecular formula is C22H17N3O2. The zero-order valence-electron chi connectivity index (χ0n) is 14.8. The van der Waals surface area contributed by atoms with Crippen LogP contribution in [0.1, 0.15) is 37.7 Å². The van der Waals surface area contributed by atoms with Gasteiger partial charge in [0.15, 0.2) is 12.6 Å². The Hall–Kier alpha value is -3.65. The van der Waals surface area contributed by atoms with Crippen LogP contribution in [0.15, 0.2) is 42.5 Å². The standard InChI is InChI=1S/C22H17N3O2/c1-14-18(12-26)17-7-6-15(11-22(17)25(14)9-8-23)10-21-19(13-27)16-4-2-3-5-20(16)24-21/h2-7,11-13,24H,9-10H2,1H3. The third-order valence-electron chi connectivity index (χ3n) is 5.11. The van der Waals surface area contributed by atoms with Crippen molar-refractivity contribution in [3.05, 3.63) is 70.5 Å². The summed E-state index contributed by atoms with van der Waals surface area (Å²) in [6.45, 7) is 2.04. The molecular weight excluding hydrogens is 338 g/mol. The monoisotopic (exact) mass is 355 g/mol. The molecule has 0 atom stereocenters. The summed E-state index contributed by atoms with van der Waals surface area (Å²) >= 11 is 0. The molecule has 0 radical (unpaired) electrons. The van der Waals surface area contributed by atoms with Gasteiger partial charge in [-0.2, -0.15) is 5.26 Å². The van der Waals surface area contributed by atoms with E-state index < -0.39 is 0 Å². The molecule has 0 saturated carbocycles. The smallest absolute Gasteiger partial charge is 0.152 e. The molecule has 1 N–H and O–H groups in total. The molecule has 132 valence electrons. The third kappa shape index (κ3) is 2.63. The number of benzene rings is 2. The minimum Gasteiger partial charge on any atom is -0.358 e. The lowest BCUT2D eigenvalue weighted by atomic mass is 10.0. The third-order valence-corrected chi connectivity index (χ3v) is 5.11. The highest BCUT2D eigenvalue weighted by molar-refractivity contribution is 6.00. The zero-order chi connectivity index (χ0) is 19.0. The van der Waals surface area contributed by atoms with Gasteiger partial charge in [0.2, 0.25) is 0 Å². The molecule has 2 heterocycles. The second kappa shape index (κ2) is 6.58. The fourth-order valence-corrected chi connectivity index (χ4v) is 3.78. The number of aromatic nitrogens is 2. The van der Waals surface area contributed by atoms with E-state index in [0.717, 1.165) is 51.3 Å². The van der Waals surface area contributed by atoms with E-state index in [9.17, 15) is 9.59 Å². The quantitative estimate of drug-likeness (QED) is 0.546. The molecule has 0 amide bonds. The molecule has 27 heavy (non-hydrogen) atoms. The number of fused-ring (bicyclic) bond motifs is 2. The summed E-state index contributed by atoms with van der Waals surface area (Å²) in [6.07, 6.45) is 2.29. The summed E-state index contributed by atoms with van der Waals surface area (Å²) in [5.41, 5.74) is 5.73. The van der Waals surface area contributed by atoms with Crippen LogP contribution in [0.3, 0.4) is 0 Å². The van der Waals surface area contributed by atoms with Crippen molar-refractivity contribution in [1.82, 2.24) is 9.55 Å². The zero-order valence-corrected chi connectivity index (χ0v) is 14.8. The average molecular weight is 355 g/mol. The van der Waals surface area contributed by atoms with Crippen molar-refractivity contribution in [2.75, 3.05) is 0 Å². The number of H-pyrrole nitrogens is 1. The van der Waals surface area contributed by atoms with Crippen LogP contribution < -0.4 is 0 Å². The van der Waals surface area contributed by atoms with Gasteiger partial charge in [0, 0.05) is 45.2 Å². The van der Waals surface area contributed by atoms with E-state index in [-0.39, 0.29) is 6.54 Å². The molecule has 0 spiro atoms. The van der Waals surface area contributed by atoms with Crippen LogP contribution in [-0.4, -0.2) is 22.1 Å². The first-order valence-corrected chi connectivity index (χ1v) is 8.66. The molecule has 0 fully saturated rings. The Morgan fingerprint density at radius 1 is 1.07 bits per heavy atom. The number of nitriles is 1. The Labute approximate surface area is 155 Å². The molecule has 0 saturated heterocycles. The van der Waals surface area contributed by atoms with Crippen molar-refractivity contribution in [3.8, 4) is 6.07 Å². The SMILES string of the molecule is Cc1c(C=O)c2ccc(Cc3[nH]c4ccccc4c3C=O)cc2n1CC#N. The number of aromatic amines is 1. The molecule has 0 aliphatic heterocycles. The molecule has 2 aromatic heterocycles. The Morgan fingerprint density at radius 2 is 1.85 bits per heavy atom. The van der Waals surface area contributed by atoms with Crippen molar-refractivity contribution < 1.29 is 9.59 Å². The second-order valence-electron chi connectivity index (χ2n) is 6.57. The predicted octanol–water partition coefficient (Wildman–Crippen LogP) is 4.17. The van der Waals surface area contributed by atoms with Crippen molar-refractivity contribution >= 4 is 34.4 Å². The van der Waals surface area contributed by atoms with Crippen molar-refractivity contribution in [2.24, 2.45) is 0 Å². The van der Waals surface area contributed by atoms with Crippen LogP contribution in [0.4, 0.5) is 0 Å². The van der Waals surface area contributed by atoms with Gasteiger partial charge in [-0.25, -0.2) is 0 Å². The topological polar surface area (TPSA) is 78.7 Å². The number of carbonyl (C=O) groups excluding carboxylic acids is 2. The van der Waals surface area contributed by atoms with Gasteiger partial charge in [-0.05, 0) is 24.6 Å². The molecule has 0 bridgehead atoms. The molecule has 5 heteroatoms. The number of rotatable bonds is 5. The highest BCUT2D eigenvalue weighted by atomic mass is 16.1. The van der Waals surface area contributed by atoms with E-state index >= 15 is 0 Å². The molecule has 4 rings (SSSR count). The highest BCUT2D eigenvalue weighted by Gasteiger charge is 2.15. The molecule has 0 unspecified atom stereocenters. The van der Waals surface area contributed by atoms with Crippen LogP contribution in [-0.2, 0) is 13.0 Å². The van der Waals surface area contributed by atoms with Crippen molar-refractivity contribution in [2.45, 2.75) is 19.9 Å². The lowest BCUT2D eigenvalue weighted by Gasteiger charge is -2.05. The van der Waals surface area contributed by atoms with Crippen LogP contribution in [0.2, 0.25) is 0 Å². The van der Waals surface area contributed by atoms with Crippen molar-refractivity contribution in [1.29, 1.82) is 5.26 Å². The number of para-hydroxylation sites is 1. The van der Waals surface area contributed by atoms with Crippen molar-refractivity contribution in [3.63, 3.8) is 0 Å². The number of hydrogen-bond acceptors (Lipinski definition) is 3. The van der Waals surface area contributed by atoms with Gasteiger partial charge < -0.3 is 9.55 Å². The Morgan fingerprint density at radius 3 is 2.59 bits per heavy atom. The second-order valence-corrected chi connectivity index (χ2v) is 6.57. The number of nitrogens with zero attached hydrogens (tertiary/aromatic N) is 2. The number of hydrogen-bond donors (Lipinski definition) is 1. The fraction of sp³-hybridized carbons (Fsp3) is 0.136. The maximum absolute atomic E-state index is 11.6. The molecule has 0 aliphatic rings. The van der Waals surface area contributed by atoms with E-state index in [0.29, 0.717) is 17.5 Å². The minimum absolute atomic E-state index is 0.186. The van der Waals surface area contributed by atoms with E-state index in [1.807, 2.05) is 54.0 Å². The summed E-state index contributed by atoms with van der Waals surface area (Å²) in [6, 6.07) is 15.8. The summed E-state index contributed by atoms with van der Waals surface area (Å²) in [4.78, 5) is 26.4. The van der Waals surface area contributed by atoms with Gasteiger partial charge >= 0.3 is 0 Å². The van der Waals surface area contributed by atoms with E-state index in [1.54, 1.807) is 0 Å². The van der Waals surface area contributed by atoms with Gasteiger partial charge in [-0.15, -0.1) is 0 Å².